The van der Waals surface area contributed by atoms with E-state index in [0.717, 1.165) is 23.1 Å². The molecule has 0 spiro atoms. The first-order valence-electron chi connectivity index (χ1n) is 6.21. The molecule has 0 aliphatic carbocycles. The van der Waals surface area contributed by atoms with E-state index in [4.69, 9.17) is 4.74 Å². The van der Waals surface area contributed by atoms with Crippen molar-refractivity contribution in [3.05, 3.63) is 34.3 Å². The molecular weight excluding hydrogens is 330 g/mol. The van der Waals surface area contributed by atoms with E-state index in [1.165, 1.54) is 6.26 Å². The molecule has 0 aromatic heterocycles. The van der Waals surface area contributed by atoms with Gasteiger partial charge in [-0.3, -0.25) is 4.90 Å². The van der Waals surface area contributed by atoms with Gasteiger partial charge in [-0.2, -0.15) is 0 Å². The zero-order valence-electron chi connectivity index (χ0n) is 10.9. The van der Waals surface area contributed by atoms with Crippen molar-refractivity contribution in [1.29, 1.82) is 0 Å². The summed E-state index contributed by atoms with van der Waals surface area (Å²) in [5, 5.41) is 0. The molecule has 1 fully saturated rings. The molecule has 106 valence electrons. The Morgan fingerprint density at radius 1 is 1.37 bits per heavy atom. The highest BCUT2D eigenvalue weighted by molar-refractivity contribution is 9.10. The van der Waals surface area contributed by atoms with Gasteiger partial charge >= 0.3 is 0 Å². The maximum atomic E-state index is 11.2. The van der Waals surface area contributed by atoms with E-state index >= 15 is 0 Å². The number of halogens is 1. The quantitative estimate of drug-likeness (QED) is 0.834. The molecule has 1 heterocycles. The van der Waals surface area contributed by atoms with Gasteiger partial charge in [-0.05, 0) is 17.7 Å². The van der Waals surface area contributed by atoms with Crippen molar-refractivity contribution in [3.63, 3.8) is 0 Å². The average molecular weight is 348 g/mol. The Labute approximate surface area is 122 Å². The van der Waals surface area contributed by atoms with Gasteiger partial charge in [0.2, 0.25) is 0 Å². The number of hydrogen-bond donors (Lipinski definition) is 0. The minimum Gasteiger partial charge on any atom is -0.371 e. The Morgan fingerprint density at radius 2 is 2.05 bits per heavy atom. The van der Waals surface area contributed by atoms with Crippen molar-refractivity contribution < 1.29 is 13.2 Å². The number of benzene rings is 1. The molecule has 0 N–H and O–H groups in total. The van der Waals surface area contributed by atoms with Crippen LogP contribution < -0.4 is 0 Å². The number of morpholine rings is 1. The summed E-state index contributed by atoms with van der Waals surface area (Å²) >= 11 is 3.41. The first-order valence-corrected chi connectivity index (χ1v) is 9.06. The molecule has 0 bridgehead atoms. The fourth-order valence-corrected chi connectivity index (χ4v) is 2.93. The van der Waals surface area contributed by atoms with Gasteiger partial charge in [-0.25, -0.2) is 8.42 Å². The maximum Gasteiger partial charge on any atom is 0.148 e. The Morgan fingerprint density at radius 3 is 2.68 bits per heavy atom. The fourth-order valence-electron chi connectivity index (χ4n) is 2.08. The molecular formula is C13H18BrNO3S. The molecule has 1 aromatic rings. The average Bonchev–Trinajstić information content (AvgIpc) is 2.37. The Kier molecular flexibility index (Phi) is 5.00. The highest BCUT2D eigenvalue weighted by Crippen LogP contribution is 2.23. The first kappa shape index (κ1) is 15.0. The van der Waals surface area contributed by atoms with Crippen molar-refractivity contribution in [3.8, 4) is 0 Å². The monoisotopic (exact) mass is 347 g/mol. The third kappa shape index (κ3) is 4.87. The summed E-state index contributed by atoms with van der Waals surface area (Å²) < 4.78 is 29.2. The molecule has 1 aliphatic rings. The number of sulfone groups is 1. The molecule has 1 aromatic carbocycles. The number of rotatable bonds is 4. The van der Waals surface area contributed by atoms with Crippen LogP contribution in [-0.2, 0) is 14.6 Å². The molecule has 6 heteroatoms. The third-order valence-electron chi connectivity index (χ3n) is 3.17. The van der Waals surface area contributed by atoms with Crippen LogP contribution in [0.4, 0.5) is 0 Å². The van der Waals surface area contributed by atoms with E-state index in [-0.39, 0.29) is 11.9 Å². The van der Waals surface area contributed by atoms with E-state index in [2.05, 4.69) is 20.8 Å². The third-order valence-corrected chi connectivity index (χ3v) is 4.62. The molecule has 19 heavy (non-hydrogen) atoms. The van der Waals surface area contributed by atoms with Gasteiger partial charge in [0.25, 0.3) is 0 Å². The van der Waals surface area contributed by atoms with Crippen LogP contribution in [0.15, 0.2) is 28.7 Å². The summed E-state index contributed by atoms with van der Waals surface area (Å²) in [6.07, 6.45) is 1.31. The predicted octanol–water partition coefficient (Wildman–Crippen LogP) is 1.87. The second-order valence-corrected chi connectivity index (χ2v) is 8.02. The lowest BCUT2D eigenvalue weighted by molar-refractivity contribution is -0.0279. The van der Waals surface area contributed by atoms with Crippen LogP contribution in [0.5, 0.6) is 0 Å². The van der Waals surface area contributed by atoms with E-state index in [0.29, 0.717) is 13.2 Å². The van der Waals surface area contributed by atoms with Crippen molar-refractivity contribution in [1.82, 2.24) is 4.90 Å². The minimum absolute atomic E-state index is 0.0291. The number of nitrogens with zero attached hydrogens (tertiary/aromatic N) is 1. The molecule has 0 unspecified atom stereocenters. The van der Waals surface area contributed by atoms with E-state index < -0.39 is 9.84 Å². The minimum atomic E-state index is -2.90. The van der Waals surface area contributed by atoms with E-state index in [9.17, 15) is 8.42 Å². The highest BCUT2D eigenvalue weighted by Gasteiger charge is 2.22. The summed E-state index contributed by atoms with van der Waals surface area (Å²) in [4.78, 5) is 2.15. The van der Waals surface area contributed by atoms with Gasteiger partial charge in [-0.1, -0.05) is 28.1 Å². The molecule has 2 rings (SSSR count). The summed E-state index contributed by atoms with van der Waals surface area (Å²) in [7, 11) is -2.90. The van der Waals surface area contributed by atoms with Crippen LogP contribution in [0, 0.1) is 0 Å². The summed E-state index contributed by atoms with van der Waals surface area (Å²) in [6.45, 7) is 2.76. The van der Waals surface area contributed by atoms with Crippen LogP contribution in [0.3, 0.4) is 0 Å². The molecule has 1 saturated heterocycles. The topological polar surface area (TPSA) is 46.6 Å². The lowest BCUT2D eigenvalue weighted by Gasteiger charge is -2.33. The smallest absolute Gasteiger partial charge is 0.148 e. The fraction of sp³-hybridized carbons (Fsp3) is 0.538. The lowest BCUT2D eigenvalue weighted by Crippen LogP contribution is -2.40. The highest BCUT2D eigenvalue weighted by atomic mass is 79.9. The van der Waals surface area contributed by atoms with Crippen molar-refractivity contribution in [2.45, 2.75) is 6.10 Å². The van der Waals surface area contributed by atoms with Gasteiger partial charge in [0.05, 0.1) is 18.5 Å². The number of hydrogen-bond acceptors (Lipinski definition) is 4. The van der Waals surface area contributed by atoms with Crippen LogP contribution in [-0.4, -0.2) is 51.6 Å². The summed E-state index contributed by atoms with van der Waals surface area (Å²) in [5.74, 6) is 0.208. The predicted molar refractivity (Wildman–Crippen MR) is 79.0 cm³/mol. The lowest BCUT2D eigenvalue weighted by atomic mass is 10.1. The van der Waals surface area contributed by atoms with Crippen LogP contribution in [0.1, 0.15) is 11.7 Å². The second-order valence-electron chi connectivity index (χ2n) is 4.84. The van der Waals surface area contributed by atoms with Crippen molar-refractivity contribution in [2.24, 2.45) is 0 Å². The molecule has 1 aliphatic heterocycles. The van der Waals surface area contributed by atoms with Gasteiger partial charge < -0.3 is 4.74 Å². The Bertz CT molecular complexity index is 515. The van der Waals surface area contributed by atoms with Gasteiger partial charge in [0, 0.05) is 30.4 Å². The standard InChI is InChI=1S/C13H18BrNO3S/c1-19(16,17)9-7-15-6-8-18-13(10-15)11-2-4-12(14)5-3-11/h2-5,13H,6-10H2,1H3/t13-/m1/s1. The molecule has 1 atom stereocenters. The van der Waals surface area contributed by atoms with Crippen LogP contribution in [0.2, 0.25) is 0 Å². The SMILES string of the molecule is CS(=O)(=O)CCN1CCO[C@@H](c2ccc(Br)cc2)C1. The number of ether oxygens (including phenoxy) is 1. The maximum absolute atomic E-state index is 11.2. The van der Waals surface area contributed by atoms with Crippen molar-refractivity contribution >= 4 is 25.8 Å². The summed E-state index contributed by atoms with van der Waals surface area (Å²) in [6, 6.07) is 8.06. The van der Waals surface area contributed by atoms with Crippen LogP contribution in [0.25, 0.3) is 0 Å². The normalized spacial score (nSPS) is 21.5. The first-order chi connectivity index (χ1) is 8.94. The molecule has 0 radical (unpaired) electrons. The van der Waals surface area contributed by atoms with Gasteiger partial charge in [-0.15, -0.1) is 0 Å². The van der Waals surface area contributed by atoms with E-state index in [1.807, 2.05) is 24.3 Å². The second kappa shape index (κ2) is 6.35. The van der Waals surface area contributed by atoms with Crippen molar-refractivity contribution in [2.75, 3.05) is 38.2 Å². The van der Waals surface area contributed by atoms with Gasteiger partial charge in [0.15, 0.2) is 0 Å². The molecule has 0 saturated carbocycles. The molecule has 4 nitrogen and oxygen atoms in total. The Balaban J connectivity index is 1.95. The summed E-state index contributed by atoms with van der Waals surface area (Å²) in [5.41, 5.74) is 1.13. The van der Waals surface area contributed by atoms with E-state index in [1.54, 1.807) is 0 Å². The van der Waals surface area contributed by atoms with Gasteiger partial charge in [0.1, 0.15) is 9.84 Å². The largest absolute Gasteiger partial charge is 0.371 e. The van der Waals surface area contributed by atoms with Crippen LogP contribution >= 0.6 is 15.9 Å². The zero-order chi connectivity index (χ0) is 13.9. The Hall–Kier alpha value is -0.430. The molecule has 0 amide bonds. The zero-order valence-corrected chi connectivity index (χ0v) is 13.3.